The Kier molecular flexibility index (Phi) is 6.78. The van der Waals surface area contributed by atoms with Crippen LogP contribution < -0.4 is 10.4 Å². The lowest BCUT2D eigenvalue weighted by Crippen LogP contribution is -2.64. The maximum Gasteiger partial charge on any atom is 0.281 e. The minimum Gasteiger partial charge on any atom is -0.406 e. The van der Waals surface area contributed by atoms with E-state index in [-0.39, 0.29) is 0 Å². The lowest BCUT2D eigenvalue weighted by atomic mass is 10.4. The molecule has 0 fully saturated rings. The minimum absolute atomic E-state index is 0.573. The van der Waals surface area contributed by atoms with E-state index in [1.807, 2.05) is 19.1 Å². The molecule has 0 N–H and O–H groups in total. The van der Waals surface area contributed by atoms with Gasteiger partial charge in [-0.1, -0.05) is 79.7 Å². The molecule has 0 aliphatic rings. The maximum absolute atomic E-state index is 6.52. The second-order valence-electron chi connectivity index (χ2n) is 5.86. The fourth-order valence-electron chi connectivity index (χ4n) is 2.60. The molecule has 0 saturated heterocycles. The highest BCUT2D eigenvalue weighted by Crippen LogP contribution is 2.10. The van der Waals surface area contributed by atoms with E-state index in [9.17, 15) is 0 Å². The molecule has 2 aromatic carbocycles. The van der Waals surface area contributed by atoms with E-state index in [4.69, 9.17) is 9.16 Å². The zero-order chi connectivity index (χ0) is 16.5. The summed E-state index contributed by atoms with van der Waals surface area (Å²) in [5.41, 5.74) is 1.03. The van der Waals surface area contributed by atoms with Crippen molar-refractivity contribution in [3.8, 4) is 0 Å². The summed E-state index contributed by atoms with van der Waals surface area (Å²) in [5, 5.41) is 2.50. The number of hydrogen-bond acceptors (Lipinski definition) is 2. The van der Waals surface area contributed by atoms with E-state index in [1.54, 1.807) is 0 Å². The van der Waals surface area contributed by atoms with Gasteiger partial charge >= 0.3 is 0 Å². The van der Waals surface area contributed by atoms with E-state index in [0.29, 0.717) is 12.8 Å². The standard InChI is InChI=1S/C20H26O2Si/c1-4-15-22-23(17-21-16-18(2)3,19-11-7-5-8-12-19)20-13-9-6-10-14-20/h5-14H,2,4,15-17H2,1,3H3. The van der Waals surface area contributed by atoms with E-state index >= 15 is 0 Å². The molecule has 0 aliphatic carbocycles. The van der Waals surface area contributed by atoms with Crippen molar-refractivity contribution in [2.24, 2.45) is 0 Å². The van der Waals surface area contributed by atoms with Gasteiger partial charge in [0.05, 0.1) is 12.8 Å². The summed E-state index contributed by atoms with van der Waals surface area (Å²) in [6.07, 6.45) is 1.60. The molecule has 0 radical (unpaired) electrons. The molecule has 0 amide bonds. The first kappa shape index (κ1) is 17.7. The Morgan fingerprint density at radius 2 is 1.48 bits per heavy atom. The predicted octanol–water partition coefficient (Wildman–Crippen LogP) is 3.30. The van der Waals surface area contributed by atoms with Gasteiger partial charge in [0.15, 0.2) is 0 Å². The Balaban J connectivity index is 2.42. The van der Waals surface area contributed by atoms with Gasteiger partial charge in [-0.15, -0.1) is 0 Å². The first-order valence-corrected chi connectivity index (χ1v) is 10.3. The molecule has 2 aromatic rings. The molecular weight excluding hydrogens is 300 g/mol. The van der Waals surface area contributed by atoms with E-state index in [0.717, 1.165) is 18.6 Å². The van der Waals surface area contributed by atoms with Crippen molar-refractivity contribution in [3.05, 3.63) is 72.8 Å². The van der Waals surface area contributed by atoms with Crippen molar-refractivity contribution in [2.45, 2.75) is 20.3 Å². The summed E-state index contributed by atoms with van der Waals surface area (Å²) in [6.45, 7) is 9.38. The zero-order valence-electron chi connectivity index (χ0n) is 14.1. The lowest BCUT2D eigenvalue weighted by Gasteiger charge is -2.32. The zero-order valence-corrected chi connectivity index (χ0v) is 15.1. The Labute approximate surface area is 140 Å². The third-order valence-electron chi connectivity index (χ3n) is 3.69. The monoisotopic (exact) mass is 326 g/mol. The Hall–Kier alpha value is -1.68. The molecule has 2 nitrogen and oxygen atoms in total. The summed E-state index contributed by atoms with van der Waals surface area (Å²) in [5.74, 6) is 0. The van der Waals surface area contributed by atoms with Crippen LogP contribution in [0, 0.1) is 0 Å². The average molecular weight is 327 g/mol. The van der Waals surface area contributed by atoms with Gasteiger partial charge in [-0.25, -0.2) is 0 Å². The summed E-state index contributed by atoms with van der Waals surface area (Å²) < 4.78 is 12.5. The summed E-state index contributed by atoms with van der Waals surface area (Å²) in [6, 6.07) is 21.1. The predicted molar refractivity (Wildman–Crippen MR) is 99.8 cm³/mol. The van der Waals surface area contributed by atoms with Gasteiger partial charge in [0.2, 0.25) is 0 Å². The molecular formula is C20H26O2Si. The molecule has 0 aliphatic heterocycles. The van der Waals surface area contributed by atoms with Gasteiger partial charge in [0.1, 0.15) is 0 Å². The average Bonchev–Trinajstić information content (AvgIpc) is 2.59. The first-order valence-electron chi connectivity index (χ1n) is 8.16. The third kappa shape index (κ3) is 4.64. The number of ether oxygens (including phenoxy) is 1. The molecule has 0 unspecified atom stereocenters. The molecule has 0 bridgehead atoms. The van der Waals surface area contributed by atoms with Crippen LogP contribution in [0.1, 0.15) is 20.3 Å². The van der Waals surface area contributed by atoms with Crippen LogP contribution in [0.3, 0.4) is 0 Å². The van der Waals surface area contributed by atoms with Crippen molar-refractivity contribution in [3.63, 3.8) is 0 Å². The number of rotatable bonds is 9. The Morgan fingerprint density at radius 3 is 1.91 bits per heavy atom. The summed E-state index contributed by atoms with van der Waals surface area (Å²) in [4.78, 5) is 0. The van der Waals surface area contributed by atoms with E-state index in [2.05, 4.69) is 62.0 Å². The number of hydrogen-bond donors (Lipinski definition) is 0. The largest absolute Gasteiger partial charge is 0.406 e. The van der Waals surface area contributed by atoms with Gasteiger partial charge < -0.3 is 9.16 Å². The van der Waals surface area contributed by atoms with Gasteiger partial charge in [0.25, 0.3) is 8.32 Å². The lowest BCUT2D eigenvalue weighted by molar-refractivity contribution is 0.178. The summed E-state index contributed by atoms with van der Waals surface area (Å²) >= 11 is 0. The van der Waals surface area contributed by atoms with Crippen molar-refractivity contribution in [1.29, 1.82) is 0 Å². The molecule has 23 heavy (non-hydrogen) atoms. The van der Waals surface area contributed by atoms with Crippen molar-refractivity contribution >= 4 is 18.7 Å². The normalized spacial score (nSPS) is 11.4. The molecule has 122 valence electrons. The SMILES string of the molecule is C=C(C)COC[Si](OCCC)(c1ccccc1)c1ccccc1. The Morgan fingerprint density at radius 1 is 0.957 bits per heavy atom. The fraction of sp³-hybridized carbons (Fsp3) is 0.300. The summed E-state index contributed by atoms with van der Waals surface area (Å²) in [7, 11) is -2.40. The first-order chi connectivity index (χ1) is 11.2. The molecule has 0 heterocycles. The highest BCUT2D eigenvalue weighted by Gasteiger charge is 2.40. The third-order valence-corrected chi connectivity index (χ3v) is 7.53. The van der Waals surface area contributed by atoms with E-state index in [1.165, 1.54) is 10.4 Å². The minimum atomic E-state index is -2.40. The molecule has 0 saturated carbocycles. The van der Waals surface area contributed by atoms with Crippen molar-refractivity contribution in [1.82, 2.24) is 0 Å². The van der Waals surface area contributed by atoms with Crippen LogP contribution >= 0.6 is 0 Å². The highest BCUT2D eigenvalue weighted by atomic mass is 28.4. The number of benzene rings is 2. The van der Waals surface area contributed by atoms with Crippen LogP contribution in [0.25, 0.3) is 0 Å². The van der Waals surface area contributed by atoms with Crippen molar-refractivity contribution in [2.75, 3.05) is 19.4 Å². The second kappa shape index (κ2) is 8.82. The molecule has 0 spiro atoms. The van der Waals surface area contributed by atoms with Crippen LogP contribution in [0.4, 0.5) is 0 Å². The second-order valence-corrected chi connectivity index (χ2v) is 9.24. The van der Waals surface area contributed by atoms with Crippen LogP contribution in [-0.2, 0) is 9.16 Å². The molecule has 3 heteroatoms. The maximum atomic E-state index is 6.52. The smallest absolute Gasteiger partial charge is 0.281 e. The molecule has 0 atom stereocenters. The molecule has 2 rings (SSSR count). The van der Waals surface area contributed by atoms with Gasteiger partial charge in [-0.2, -0.15) is 0 Å². The van der Waals surface area contributed by atoms with Crippen LogP contribution in [0.5, 0.6) is 0 Å². The van der Waals surface area contributed by atoms with Crippen LogP contribution in [0.2, 0.25) is 0 Å². The van der Waals surface area contributed by atoms with Crippen LogP contribution in [0.15, 0.2) is 72.8 Å². The quantitative estimate of drug-likeness (QED) is 0.520. The van der Waals surface area contributed by atoms with Crippen molar-refractivity contribution < 1.29 is 9.16 Å². The highest BCUT2D eigenvalue weighted by molar-refractivity contribution is 6.97. The van der Waals surface area contributed by atoms with Gasteiger partial charge in [0, 0.05) is 6.61 Å². The van der Waals surface area contributed by atoms with Crippen LogP contribution in [-0.4, -0.2) is 27.8 Å². The fourth-order valence-corrected chi connectivity index (χ4v) is 6.09. The van der Waals surface area contributed by atoms with Gasteiger partial charge in [-0.3, -0.25) is 0 Å². The molecule has 0 aromatic heterocycles. The van der Waals surface area contributed by atoms with E-state index < -0.39 is 8.32 Å². The van der Waals surface area contributed by atoms with Gasteiger partial charge in [-0.05, 0) is 23.7 Å². The Bertz CT molecular complexity index is 556. The topological polar surface area (TPSA) is 18.5 Å².